The fourth-order valence-corrected chi connectivity index (χ4v) is 2.40. The van der Waals surface area contributed by atoms with E-state index in [1.54, 1.807) is 13.8 Å². The molecule has 9 nitrogen and oxygen atoms in total. The molecule has 0 saturated carbocycles. The van der Waals surface area contributed by atoms with Crippen LogP contribution in [-0.4, -0.2) is 54.6 Å². The van der Waals surface area contributed by atoms with Crippen LogP contribution in [0.15, 0.2) is 30.3 Å². The number of urea groups is 1. The van der Waals surface area contributed by atoms with E-state index in [2.05, 4.69) is 10.6 Å². The first-order chi connectivity index (χ1) is 12.9. The largest absolute Gasteiger partial charge is 0.454 e. The maximum atomic E-state index is 12.2. The fraction of sp³-hybridized carbons (Fsp3) is 0.444. The number of hydrogen-bond donors (Lipinski definition) is 2. The molecular weight excluding hydrogens is 354 g/mol. The van der Waals surface area contributed by atoms with Crippen LogP contribution in [0, 0.1) is 5.92 Å². The summed E-state index contributed by atoms with van der Waals surface area (Å²) < 4.78 is 10.1. The molecule has 2 N–H and O–H groups in total. The number of alkyl carbamates (subject to hydrolysis) is 1. The van der Waals surface area contributed by atoms with Gasteiger partial charge in [0.1, 0.15) is 12.6 Å². The highest BCUT2D eigenvalue weighted by Gasteiger charge is 2.30. The molecule has 146 valence electrons. The zero-order valence-corrected chi connectivity index (χ0v) is 15.3. The van der Waals surface area contributed by atoms with Gasteiger partial charge < -0.3 is 20.1 Å². The SMILES string of the molecule is CC(C)[C@H](NC(=O)OCc1ccccc1)C(=O)OCC(=O)N1CCNC1=O. The third kappa shape index (κ3) is 5.98. The van der Waals surface area contributed by atoms with E-state index in [1.165, 1.54) is 0 Å². The molecule has 1 aromatic rings. The zero-order valence-electron chi connectivity index (χ0n) is 15.3. The number of carbonyl (C=O) groups excluding carboxylic acids is 4. The van der Waals surface area contributed by atoms with Gasteiger partial charge in [0.05, 0.1) is 0 Å². The predicted octanol–water partition coefficient (Wildman–Crippen LogP) is 1.03. The average Bonchev–Trinajstić information content (AvgIpc) is 3.09. The second kappa shape index (κ2) is 9.56. The molecule has 2 rings (SSSR count). The van der Waals surface area contributed by atoms with Gasteiger partial charge in [-0.05, 0) is 11.5 Å². The van der Waals surface area contributed by atoms with E-state index in [4.69, 9.17) is 9.47 Å². The standard InChI is InChI=1S/C18H23N3O6/c1-12(2)15(20-18(25)27-10-13-6-4-3-5-7-13)16(23)26-11-14(22)21-9-8-19-17(21)24/h3-7,12,15H,8-11H2,1-2H3,(H,19,24)(H,20,25)/t15-/m0/s1. The lowest BCUT2D eigenvalue weighted by Gasteiger charge is -2.21. The minimum atomic E-state index is -0.978. The van der Waals surface area contributed by atoms with Crippen molar-refractivity contribution in [1.82, 2.24) is 15.5 Å². The van der Waals surface area contributed by atoms with Gasteiger partial charge in [-0.2, -0.15) is 0 Å². The van der Waals surface area contributed by atoms with Crippen molar-refractivity contribution >= 4 is 24.0 Å². The van der Waals surface area contributed by atoms with Gasteiger partial charge in [-0.25, -0.2) is 14.4 Å². The van der Waals surface area contributed by atoms with Crippen molar-refractivity contribution in [2.24, 2.45) is 5.92 Å². The Morgan fingerprint density at radius 3 is 2.48 bits per heavy atom. The smallest absolute Gasteiger partial charge is 0.408 e. The van der Waals surface area contributed by atoms with Gasteiger partial charge in [-0.15, -0.1) is 0 Å². The van der Waals surface area contributed by atoms with E-state index in [0.717, 1.165) is 10.5 Å². The molecule has 9 heteroatoms. The minimum Gasteiger partial charge on any atom is -0.454 e. The van der Waals surface area contributed by atoms with E-state index in [1.807, 2.05) is 30.3 Å². The number of esters is 1. The fourth-order valence-electron chi connectivity index (χ4n) is 2.40. The molecule has 0 radical (unpaired) electrons. The molecule has 1 aliphatic heterocycles. The van der Waals surface area contributed by atoms with Gasteiger partial charge in [-0.1, -0.05) is 44.2 Å². The molecule has 4 amide bonds. The lowest BCUT2D eigenvalue weighted by molar-refractivity contribution is -0.153. The van der Waals surface area contributed by atoms with Gasteiger partial charge >= 0.3 is 18.1 Å². The minimum absolute atomic E-state index is 0.0646. The highest BCUT2D eigenvalue weighted by atomic mass is 16.6. The first-order valence-electron chi connectivity index (χ1n) is 8.60. The molecule has 0 aliphatic carbocycles. The van der Waals surface area contributed by atoms with Crippen LogP contribution in [0.3, 0.4) is 0 Å². The topological polar surface area (TPSA) is 114 Å². The van der Waals surface area contributed by atoms with Crippen molar-refractivity contribution in [1.29, 1.82) is 0 Å². The summed E-state index contributed by atoms with van der Waals surface area (Å²) in [5.41, 5.74) is 0.811. The molecule has 1 aliphatic rings. The Hall–Kier alpha value is -3.10. The van der Waals surface area contributed by atoms with Gasteiger partial charge in [0.25, 0.3) is 5.91 Å². The normalized spacial score (nSPS) is 14.5. The van der Waals surface area contributed by atoms with Crippen molar-refractivity contribution in [2.45, 2.75) is 26.5 Å². The summed E-state index contributed by atoms with van der Waals surface area (Å²) in [6.07, 6.45) is -0.764. The third-order valence-corrected chi connectivity index (χ3v) is 3.90. The summed E-state index contributed by atoms with van der Waals surface area (Å²) in [7, 11) is 0. The van der Waals surface area contributed by atoms with E-state index < -0.39 is 36.6 Å². The monoisotopic (exact) mass is 377 g/mol. The molecule has 1 saturated heterocycles. The average molecular weight is 377 g/mol. The lowest BCUT2D eigenvalue weighted by atomic mass is 10.1. The maximum Gasteiger partial charge on any atom is 0.408 e. The number of hydrogen-bond acceptors (Lipinski definition) is 6. The molecular formula is C18H23N3O6. The molecule has 27 heavy (non-hydrogen) atoms. The Bertz CT molecular complexity index is 692. The summed E-state index contributed by atoms with van der Waals surface area (Å²) in [5, 5.41) is 4.93. The highest BCUT2D eigenvalue weighted by Crippen LogP contribution is 2.07. The summed E-state index contributed by atoms with van der Waals surface area (Å²) in [5.74, 6) is -1.67. The summed E-state index contributed by atoms with van der Waals surface area (Å²) in [6.45, 7) is 3.53. The van der Waals surface area contributed by atoms with E-state index in [-0.39, 0.29) is 19.1 Å². The summed E-state index contributed by atoms with van der Waals surface area (Å²) >= 11 is 0. The van der Waals surface area contributed by atoms with Crippen molar-refractivity contribution in [2.75, 3.05) is 19.7 Å². The van der Waals surface area contributed by atoms with E-state index >= 15 is 0 Å². The van der Waals surface area contributed by atoms with Crippen molar-refractivity contribution in [3.8, 4) is 0 Å². The number of carbonyl (C=O) groups is 4. The van der Waals surface area contributed by atoms with Crippen molar-refractivity contribution in [3.63, 3.8) is 0 Å². The predicted molar refractivity (Wildman–Crippen MR) is 94.5 cm³/mol. The van der Waals surface area contributed by atoms with Crippen LogP contribution in [0.4, 0.5) is 9.59 Å². The first kappa shape index (κ1) is 20.2. The Morgan fingerprint density at radius 1 is 1.19 bits per heavy atom. The Balaban J connectivity index is 1.82. The second-order valence-corrected chi connectivity index (χ2v) is 6.31. The summed E-state index contributed by atoms with van der Waals surface area (Å²) in [4.78, 5) is 48.5. The molecule has 0 spiro atoms. The number of nitrogens with one attached hydrogen (secondary N) is 2. The first-order valence-corrected chi connectivity index (χ1v) is 8.60. The van der Waals surface area contributed by atoms with Crippen LogP contribution >= 0.6 is 0 Å². The number of nitrogens with zero attached hydrogens (tertiary/aromatic N) is 1. The van der Waals surface area contributed by atoms with Crippen LogP contribution in [0.25, 0.3) is 0 Å². The summed E-state index contributed by atoms with van der Waals surface area (Å²) in [6, 6.07) is 7.61. The maximum absolute atomic E-state index is 12.2. The van der Waals surface area contributed by atoms with Crippen LogP contribution in [-0.2, 0) is 25.7 Å². The van der Waals surface area contributed by atoms with Crippen molar-refractivity contribution in [3.05, 3.63) is 35.9 Å². The Kier molecular flexibility index (Phi) is 7.16. The number of amides is 4. The molecule has 1 atom stereocenters. The molecule has 1 aromatic carbocycles. The molecule has 1 heterocycles. The zero-order chi connectivity index (χ0) is 19.8. The quantitative estimate of drug-likeness (QED) is 0.686. The van der Waals surface area contributed by atoms with Crippen molar-refractivity contribution < 1.29 is 28.7 Å². The third-order valence-electron chi connectivity index (χ3n) is 3.90. The molecule has 0 unspecified atom stereocenters. The number of benzene rings is 1. The molecule has 0 aromatic heterocycles. The molecule has 1 fully saturated rings. The number of imide groups is 1. The second-order valence-electron chi connectivity index (χ2n) is 6.31. The lowest BCUT2D eigenvalue weighted by Crippen LogP contribution is -2.46. The van der Waals surface area contributed by atoms with Gasteiger partial charge in [0, 0.05) is 13.1 Å². The van der Waals surface area contributed by atoms with Crippen LogP contribution in [0.2, 0.25) is 0 Å². The van der Waals surface area contributed by atoms with Gasteiger partial charge in [0.15, 0.2) is 6.61 Å². The molecule has 0 bridgehead atoms. The van der Waals surface area contributed by atoms with Gasteiger partial charge in [-0.3, -0.25) is 9.69 Å². The Labute approximate surface area is 157 Å². The number of ether oxygens (including phenoxy) is 2. The van der Waals surface area contributed by atoms with Crippen LogP contribution in [0.1, 0.15) is 19.4 Å². The van der Waals surface area contributed by atoms with Crippen LogP contribution < -0.4 is 10.6 Å². The van der Waals surface area contributed by atoms with E-state index in [0.29, 0.717) is 6.54 Å². The number of rotatable bonds is 7. The van der Waals surface area contributed by atoms with Gasteiger partial charge in [0.2, 0.25) is 0 Å². The van der Waals surface area contributed by atoms with E-state index in [9.17, 15) is 19.2 Å². The Morgan fingerprint density at radius 2 is 1.89 bits per heavy atom. The highest BCUT2D eigenvalue weighted by molar-refractivity contribution is 5.97. The van der Waals surface area contributed by atoms with Crippen LogP contribution in [0.5, 0.6) is 0 Å².